The van der Waals surface area contributed by atoms with Gasteiger partial charge in [-0.05, 0) is 0 Å². The van der Waals surface area contributed by atoms with Gasteiger partial charge < -0.3 is 0 Å². The van der Waals surface area contributed by atoms with Crippen LogP contribution >= 0.6 is 4.90 Å². The summed E-state index contributed by atoms with van der Waals surface area (Å²) in [5.74, 6) is 1.96. The van der Waals surface area contributed by atoms with E-state index in [9.17, 15) is 0 Å². The van der Waals surface area contributed by atoms with Crippen LogP contribution in [-0.2, 0) is 4.74 Å². The van der Waals surface area contributed by atoms with Crippen molar-refractivity contribution in [3.05, 3.63) is 91.0 Å². The summed E-state index contributed by atoms with van der Waals surface area (Å²) in [4.78, 5) is -1.68. The van der Waals surface area contributed by atoms with Gasteiger partial charge in [-0.2, -0.15) is 0 Å². The van der Waals surface area contributed by atoms with Crippen molar-refractivity contribution in [2.75, 3.05) is 4.43 Å². The number of rotatable bonds is 7. The quantitative estimate of drug-likeness (QED) is 0.246. The molecule has 1 saturated heterocycles. The minimum absolute atomic E-state index is 0.189. The number of ether oxygens (including phenoxy) is 1. The molecular formula is C29H36IOP. The molecular weight excluding hydrogens is 522 g/mol. The van der Waals surface area contributed by atoms with Crippen molar-refractivity contribution in [3.63, 3.8) is 0 Å². The van der Waals surface area contributed by atoms with Crippen LogP contribution in [0, 0.1) is 17.8 Å². The molecule has 0 aliphatic carbocycles. The molecule has 0 N–H and O–H groups in total. The monoisotopic (exact) mass is 558 g/mol. The van der Waals surface area contributed by atoms with E-state index in [1.165, 1.54) is 20.3 Å². The summed E-state index contributed by atoms with van der Waals surface area (Å²) in [7, 11) is 0. The Kier molecular flexibility index (Phi) is 8.08. The Bertz CT molecular complexity index is 864. The molecule has 1 aliphatic rings. The third-order valence-electron chi connectivity index (χ3n) is 7.32. The van der Waals surface area contributed by atoms with Crippen LogP contribution in [-0.4, -0.2) is 16.6 Å². The van der Waals surface area contributed by atoms with Crippen molar-refractivity contribution in [3.8, 4) is 0 Å². The molecule has 3 unspecified atom stereocenters. The fourth-order valence-corrected chi connectivity index (χ4v) is 18.8. The van der Waals surface area contributed by atoms with E-state index >= 15 is 0 Å². The summed E-state index contributed by atoms with van der Waals surface area (Å²) in [5, 5.41) is 4.55. The van der Waals surface area contributed by atoms with E-state index in [4.69, 9.17) is 4.74 Å². The molecule has 0 aromatic heterocycles. The van der Waals surface area contributed by atoms with Crippen molar-refractivity contribution >= 4 is 20.8 Å². The van der Waals surface area contributed by atoms with Crippen molar-refractivity contribution in [1.29, 1.82) is 0 Å². The predicted molar refractivity (Wildman–Crippen MR) is 136 cm³/mol. The second kappa shape index (κ2) is 10.8. The molecule has 0 amide bonds. The maximum absolute atomic E-state index is 6.78. The number of hydrogen-bond donors (Lipinski definition) is 0. The minimum atomic E-state index is -1.68. The van der Waals surface area contributed by atoms with Crippen LogP contribution in [0.25, 0.3) is 0 Å². The normalized spacial score (nSPS) is 26.2. The van der Waals surface area contributed by atoms with Crippen molar-refractivity contribution in [1.82, 2.24) is 0 Å². The molecule has 4 rings (SSSR count). The predicted octanol–water partition coefficient (Wildman–Crippen LogP) is 3.07. The molecule has 0 bridgehead atoms. The number of alkyl halides is 1. The third kappa shape index (κ3) is 4.69. The average Bonchev–Trinajstić information content (AvgIpc) is 2.86. The Morgan fingerprint density at radius 3 is 1.44 bits per heavy atom. The van der Waals surface area contributed by atoms with Gasteiger partial charge in [-0.25, -0.2) is 0 Å². The van der Waals surface area contributed by atoms with Crippen LogP contribution in [0.3, 0.4) is 0 Å². The van der Waals surface area contributed by atoms with Crippen LogP contribution in [0.1, 0.15) is 34.1 Å². The van der Waals surface area contributed by atoms with Gasteiger partial charge >= 0.3 is 206 Å². The second-order valence-corrected chi connectivity index (χ2v) is 19.3. The average molecular weight is 558 g/mol. The fourth-order valence-electron chi connectivity index (χ4n) is 5.00. The summed E-state index contributed by atoms with van der Waals surface area (Å²) < 4.78 is 7.99. The summed E-state index contributed by atoms with van der Waals surface area (Å²) in [6, 6.07) is 34.0. The van der Waals surface area contributed by atoms with Crippen LogP contribution in [0.2, 0.25) is 0 Å². The van der Waals surface area contributed by atoms with Crippen LogP contribution < -0.4 is 36.6 Å². The van der Waals surface area contributed by atoms with Crippen molar-refractivity contribution in [2.24, 2.45) is 17.8 Å². The molecule has 170 valence electrons. The molecule has 1 nitrogen and oxygen atoms in total. The zero-order valence-corrected chi connectivity index (χ0v) is 22.7. The van der Waals surface area contributed by atoms with Gasteiger partial charge in [0.25, 0.3) is 0 Å². The molecule has 5 atom stereocenters. The SMILES string of the molecule is CCC1O[C@H](C[I-][P+](c2ccccc2)(c2ccccc2)c2ccccc2)C(C)C(C)[C@H]1C. The molecule has 0 radical (unpaired) electrons. The second-order valence-electron chi connectivity index (χ2n) is 9.07. The standard InChI is InChI=1S/C29H36IOP/c1-5-28-23(3)22(2)24(4)29(31-28)21-30-32(25-15-9-6-10-16-25,26-17-11-7-12-18-26)27-19-13-8-14-20-27/h6-20,22-24,28-29H,5,21H2,1-4H3/t22?,23-,24?,28?,29-/m1/s1. The van der Waals surface area contributed by atoms with Gasteiger partial charge in [0.05, 0.1) is 0 Å². The van der Waals surface area contributed by atoms with Crippen molar-refractivity contribution in [2.45, 2.75) is 46.3 Å². The van der Waals surface area contributed by atoms with Gasteiger partial charge in [0.15, 0.2) is 0 Å². The van der Waals surface area contributed by atoms with Crippen LogP contribution in [0.5, 0.6) is 0 Å². The molecule has 0 saturated carbocycles. The Morgan fingerprint density at radius 2 is 1.03 bits per heavy atom. The summed E-state index contributed by atoms with van der Waals surface area (Å²) in [6.45, 7) is 9.54. The van der Waals surface area contributed by atoms with E-state index in [-0.39, 0.29) is 20.7 Å². The zero-order chi connectivity index (χ0) is 22.6. The van der Waals surface area contributed by atoms with E-state index in [0.29, 0.717) is 30.0 Å². The first-order chi connectivity index (χ1) is 15.6. The number of benzene rings is 3. The topological polar surface area (TPSA) is 9.23 Å². The molecule has 1 aliphatic heterocycles. The first kappa shape index (κ1) is 23.9. The van der Waals surface area contributed by atoms with Gasteiger partial charge in [0.1, 0.15) is 0 Å². The molecule has 1 fully saturated rings. The van der Waals surface area contributed by atoms with Crippen LogP contribution in [0.15, 0.2) is 91.0 Å². The molecule has 3 heteroatoms. The van der Waals surface area contributed by atoms with Gasteiger partial charge in [0, 0.05) is 0 Å². The summed E-state index contributed by atoms with van der Waals surface area (Å²) in [6.07, 6.45) is 1.88. The molecule has 32 heavy (non-hydrogen) atoms. The van der Waals surface area contributed by atoms with Gasteiger partial charge in [-0.1, -0.05) is 0 Å². The van der Waals surface area contributed by atoms with E-state index < -0.39 is 4.90 Å². The Balaban J connectivity index is 1.77. The molecule has 0 spiro atoms. The van der Waals surface area contributed by atoms with Gasteiger partial charge in [0.2, 0.25) is 0 Å². The summed E-state index contributed by atoms with van der Waals surface area (Å²) >= 11 is -0.189. The first-order valence-electron chi connectivity index (χ1n) is 11.9. The Hall–Kier alpha value is -1.22. The number of hydrogen-bond acceptors (Lipinski definition) is 1. The van der Waals surface area contributed by atoms with E-state index in [0.717, 1.165) is 6.42 Å². The van der Waals surface area contributed by atoms with E-state index in [2.05, 4.69) is 119 Å². The van der Waals surface area contributed by atoms with Crippen LogP contribution in [0.4, 0.5) is 0 Å². The Labute approximate surface area is 204 Å². The molecule has 1 heterocycles. The molecule has 3 aromatic carbocycles. The van der Waals surface area contributed by atoms with Gasteiger partial charge in [-0.15, -0.1) is 0 Å². The van der Waals surface area contributed by atoms with Gasteiger partial charge in [-0.3, -0.25) is 0 Å². The molecule has 3 aromatic rings. The number of halogens is 1. The maximum atomic E-state index is 6.78. The van der Waals surface area contributed by atoms with E-state index in [1.54, 1.807) is 0 Å². The Morgan fingerprint density at radius 1 is 0.625 bits per heavy atom. The summed E-state index contributed by atoms with van der Waals surface area (Å²) in [5.41, 5.74) is 0. The first-order valence-corrected chi connectivity index (χ1v) is 18.0. The van der Waals surface area contributed by atoms with Crippen molar-refractivity contribution < 1.29 is 25.4 Å². The van der Waals surface area contributed by atoms with E-state index in [1.807, 2.05) is 0 Å². The zero-order valence-electron chi connectivity index (χ0n) is 19.7. The fraction of sp³-hybridized carbons (Fsp3) is 0.379. The third-order valence-corrected chi connectivity index (χ3v) is 21.0.